The molecule has 4 rings (SSSR count). The van der Waals surface area contributed by atoms with E-state index in [-0.39, 0.29) is 5.56 Å². The van der Waals surface area contributed by atoms with Crippen molar-refractivity contribution in [3.05, 3.63) is 70.4 Å². The third-order valence-electron chi connectivity index (χ3n) is 5.57. The van der Waals surface area contributed by atoms with Gasteiger partial charge < -0.3 is 10.1 Å². The first-order valence-electron chi connectivity index (χ1n) is 11.3. The van der Waals surface area contributed by atoms with Crippen molar-refractivity contribution < 1.29 is 23.1 Å². The van der Waals surface area contributed by atoms with Gasteiger partial charge in [-0.1, -0.05) is 31.2 Å². The van der Waals surface area contributed by atoms with Gasteiger partial charge >= 0.3 is 12.1 Å². The van der Waals surface area contributed by atoms with Gasteiger partial charge in [0.05, 0.1) is 5.69 Å². The molecule has 1 aliphatic rings. The number of benzene rings is 1. The molecule has 188 valence electrons. The van der Waals surface area contributed by atoms with Gasteiger partial charge in [0.2, 0.25) is 0 Å². The van der Waals surface area contributed by atoms with Crippen molar-refractivity contribution in [2.24, 2.45) is 5.92 Å². The highest BCUT2D eigenvalue weighted by Gasteiger charge is 2.38. The van der Waals surface area contributed by atoms with Gasteiger partial charge in [-0.3, -0.25) is 14.4 Å². The van der Waals surface area contributed by atoms with Gasteiger partial charge in [-0.15, -0.1) is 0 Å². The molecule has 1 unspecified atom stereocenters. The molecule has 11 heteroatoms. The summed E-state index contributed by atoms with van der Waals surface area (Å²) in [5, 5.41) is 11.3. The summed E-state index contributed by atoms with van der Waals surface area (Å²) in [6, 6.07) is 11.9. The number of carbonyl (C=O) groups is 1. The molecule has 2 aromatic heterocycles. The SMILES string of the molecule is CC1CCCN(Cc2ccc(-c3nc(CCn4cccn4)cc(=O)[nH]3)cc2)C1.O=C(O)C(F)(F)F. The quantitative estimate of drug-likeness (QED) is 0.545. The Labute approximate surface area is 200 Å². The Kier molecular flexibility index (Phi) is 8.80. The Morgan fingerprint density at radius 1 is 1.26 bits per heavy atom. The maximum absolute atomic E-state index is 12.1. The molecule has 0 amide bonds. The molecule has 35 heavy (non-hydrogen) atoms. The number of hydrogen-bond acceptors (Lipinski definition) is 5. The van der Waals surface area contributed by atoms with Crippen LogP contribution in [0.5, 0.6) is 0 Å². The highest BCUT2D eigenvalue weighted by molar-refractivity contribution is 5.73. The molecule has 1 atom stereocenters. The number of likely N-dealkylation sites (tertiary alicyclic amines) is 1. The van der Waals surface area contributed by atoms with Gasteiger partial charge in [0.15, 0.2) is 0 Å². The average Bonchev–Trinajstić information content (AvgIpc) is 3.31. The van der Waals surface area contributed by atoms with E-state index in [1.54, 1.807) is 12.3 Å². The minimum atomic E-state index is -5.08. The van der Waals surface area contributed by atoms with Crippen LogP contribution in [-0.4, -0.2) is 55.0 Å². The molecule has 1 saturated heterocycles. The lowest BCUT2D eigenvalue weighted by Crippen LogP contribution is -2.33. The number of hydrogen-bond donors (Lipinski definition) is 2. The van der Waals surface area contributed by atoms with E-state index in [2.05, 4.69) is 51.2 Å². The van der Waals surface area contributed by atoms with E-state index in [0.29, 0.717) is 18.8 Å². The molecule has 1 aromatic carbocycles. The highest BCUT2D eigenvalue weighted by atomic mass is 19.4. The number of aromatic amines is 1. The van der Waals surface area contributed by atoms with Crippen LogP contribution in [0.3, 0.4) is 0 Å². The molecule has 0 radical (unpaired) electrons. The van der Waals surface area contributed by atoms with Crippen molar-refractivity contribution in [2.45, 2.75) is 45.5 Å². The monoisotopic (exact) mass is 491 g/mol. The van der Waals surface area contributed by atoms with E-state index in [1.165, 1.54) is 31.5 Å². The van der Waals surface area contributed by atoms with Crippen LogP contribution < -0.4 is 5.56 Å². The first kappa shape index (κ1) is 26.1. The van der Waals surface area contributed by atoms with Crippen LogP contribution >= 0.6 is 0 Å². The molecular weight excluding hydrogens is 463 g/mol. The summed E-state index contributed by atoms with van der Waals surface area (Å²) in [6.45, 7) is 6.37. The molecule has 2 N–H and O–H groups in total. The minimum absolute atomic E-state index is 0.119. The zero-order valence-corrected chi connectivity index (χ0v) is 19.3. The van der Waals surface area contributed by atoms with Crippen LogP contribution in [0.25, 0.3) is 11.4 Å². The Morgan fingerprint density at radius 2 is 1.97 bits per heavy atom. The van der Waals surface area contributed by atoms with E-state index >= 15 is 0 Å². The van der Waals surface area contributed by atoms with Crippen LogP contribution in [0.4, 0.5) is 13.2 Å². The normalized spacial score (nSPS) is 16.4. The maximum Gasteiger partial charge on any atom is 0.490 e. The van der Waals surface area contributed by atoms with Gasteiger partial charge in [0.25, 0.3) is 5.56 Å². The largest absolute Gasteiger partial charge is 0.490 e. The number of carboxylic acid groups (broad SMARTS) is 1. The molecule has 8 nitrogen and oxygen atoms in total. The second kappa shape index (κ2) is 11.8. The Hall–Kier alpha value is -3.47. The van der Waals surface area contributed by atoms with Crippen molar-refractivity contribution >= 4 is 5.97 Å². The minimum Gasteiger partial charge on any atom is -0.475 e. The zero-order valence-electron chi connectivity index (χ0n) is 19.3. The Balaban J connectivity index is 0.000000429. The third-order valence-corrected chi connectivity index (χ3v) is 5.57. The predicted octanol–water partition coefficient (Wildman–Crippen LogP) is 3.74. The van der Waals surface area contributed by atoms with Crippen LogP contribution in [0.2, 0.25) is 0 Å². The predicted molar refractivity (Wildman–Crippen MR) is 124 cm³/mol. The molecule has 3 heterocycles. The number of alkyl halides is 3. The van der Waals surface area contributed by atoms with Crippen LogP contribution in [0.1, 0.15) is 31.0 Å². The molecule has 1 fully saturated rings. The summed E-state index contributed by atoms with van der Waals surface area (Å²) < 4.78 is 33.6. The molecule has 3 aromatic rings. The third kappa shape index (κ3) is 8.36. The van der Waals surface area contributed by atoms with Gasteiger partial charge in [-0.25, -0.2) is 9.78 Å². The summed E-state index contributed by atoms with van der Waals surface area (Å²) in [5.74, 6) is -1.35. The fourth-order valence-electron chi connectivity index (χ4n) is 3.89. The van der Waals surface area contributed by atoms with Crippen LogP contribution in [-0.2, 0) is 24.3 Å². The van der Waals surface area contributed by atoms with Crippen molar-refractivity contribution in [3.63, 3.8) is 0 Å². The summed E-state index contributed by atoms with van der Waals surface area (Å²) in [4.78, 5) is 31.0. The lowest BCUT2D eigenvalue weighted by molar-refractivity contribution is -0.192. The van der Waals surface area contributed by atoms with Crippen LogP contribution in [0, 0.1) is 5.92 Å². The van der Waals surface area contributed by atoms with Gasteiger partial charge in [-0.05, 0) is 36.9 Å². The fourth-order valence-corrected chi connectivity index (χ4v) is 3.89. The Morgan fingerprint density at radius 3 is 2.57 bits per heavy atom. The number of nitrogens with zero attached hydrogens (tertiary/aromatic N) is 4. The van der Waals surface area contributed by atoms with Gasteiger partial charge in [0, 0.05) is 50.1 Å². The lowest BCUT2D eigenvalue weighted by Gasteiger charge is -2.30. The van der Waals surface area contributed by atoms with Gasteiger partial charge in [0.1, 0.15) is 5.82 Å². The second-order valence-corrected chi connectivity index (χ2v) is 8.59. The molecule has 0 bridgehead atoms. The second-order valence-electron chi connectivity index (χ2n) is 8.59. The number of H-pyrrole nitrogens is 1. The Bertz CT molecular complexity index is 1140. The van der Waals surface area contributed by atoms with Crippen LogP contribution in [0.15, 0.2) is 53.6 Å². The zero-order chi connectivity index (χ0) is 25.4. The number of aromatic nitrogens is 4. The molecule has 1 aliphatic heterocycles. The molecule has 0 saturated carbocycles. The molecular formula is C24H28F3N5O3. The highest BCUT2D eigenvalue weighted by Crippen LogP contribution is 2.20. The smallest absolute Gasteiger partial charge is 0.475 e. The number of aliphatic carboxylic acids is 1. The van der Waals surface area contributed by atoms with E-state index in [1.807, 2.05) is 16.9 Å². The fraction of sp³-hybridized carbons (Fsp3) is 0.417. The van der Waals surface area contributed by atoms with Crippen molar-refractivity contribution in [3.8, 4) is 11.4 Å². The first-order chi connectivity index (χ1) is 16.6. The van der Waals surface area contributed by atoms with E-state index in [9.17, 15) is 18.0 Å². The average molecular weight is 492 g/mol. The van der Waals surface area contributed by atoms with Crippen molar-refractivity contribution in [2.75, 3.05) is 13.1 Å². The number of piperidine rings is 1. The van der Waals surface area contributed by atoms with Crippen molar-refractivity contribution in [1.82, 2.24) is 24.6 Å². The maximum atomic E-state index is 12.1. The topological polar surface area (TPSA) is 104 Å². The summed E-state index contributed by atoms with van der Waals surface area (Å²) in [6.07, 6.45) is 1.88. The lowest BCUT2D eigenvalue weighted by atomic mass is 9.99. The molecule has 0 spiro atoms. The number of aryl methyl sites for hydroxylation is 2. The number of rotatable bonds is 6. The standard InChI is InChI=1S/C22H27N5O.C2HF3O2/c1-17-4-2-11-26(15-17)16-18-5-7-19(8-6-18)22-24-20(14-21(28)25-22)9-13-27-12-3-10-23-27;3-2(4,5)1(6)7/h3,5-8,10,12,14,17H,2,4,9,11,13,15-16H2,1H3,(H,24,25,28);(H,6,7). The van der Waals surface area contributed by atoms with E-state index in [0.717, 1.165) is 23.7 Å². The summed E-state index contributed by atoms with van der Waals surface area (Å²) >= 11 is 0. The van der Waals surface area contributed by atoms with E-state index in [4.69, 9.17) is 9.90 Å². The number of nitrogens with one attached hydrogen (secondary N) is 1. The van der Waals surface area contributed by atoms with Crippen molar-refractivity contribution in [1.29, 1.82) is 0 Å². The summed E-state index contributed by atoms with van der Waals surface area (Å²) in [5.41, 5.74) is 2.90. The molecule has 0 aliphatic carbocycles. The first-order valence-corrected chi connectivity index (χ1v) is 11.3. The van der Waals surface area contributed by atoms with Gasteiger partial charge in [-0.2, -0.15) is 18.3 Å². The van der Waals surface area contributed by atoms with E-state index < -0.39 is 12.1 Å². The number of halogens is 3. The number of carboxylic acids is 1. The summed E-state index contributed by atoms with van der Waals surface area (Å²) in [7, 11) is 0.